The van der Waals surface area contributed by atoms with E-state index in [1.165, 1.54) is 51.4 Å². The fraction of sp³-hybridized carbons (Fsp3) is 0.917. The van der Waals surface area contributed by atoms with E-state index in [4.69, 9.17) is 5.73 Å². The maximum absolute atomic E-state index is 12.8. The Morgan fingerprint density at radius 2 is 1.69 bits per heavy atom. The van der Waals surface area contributed by atoms with Gasteiger partial charge in [-0.05, 0) is 82.1 Å². The number of hydrogen-bond donors (Lipinski definition) is 2. The molecule has 2 rings (SSSR count). The Bertz CT molecular complexity index is 532. The normalized spacial score (nSPS) is 23.3. The highest BCUT2D eigenvalue weighted by molar-refractivity contribution is 5.82. The summed E-state index contributed by atoms with van der Waals surface area (Å²) in [4.78, 5) is 15.2. The zero-order valence-electron chi connectivity index (χ0n) is 19.1. The molecule has 0 radical (unpaired) electrons. The molecule has 1 saturated heterocycles. The highest BCUT2D eigenvalue weighted by Crippen LogP contribution is 2.46. The molecular formula is C24H44N4O. The summed E-state index contributed by atoms with van der Waals surface area (Å²) in [7, 11) is 0. The Balaban J connectivity index is 1.83. The van der Waals surface area contributed by atoms with E-state index in [0.717, 1.165) is 32.5 Å². The van der Waals surface area contributed by atoms with E-state index in [0.29, 0.717) is 24.2 Å². The zero-order chi connectivity index (χ0) is 21.3. The predicted octanol–water partition coefficient (Wildman–Crippen LogP) is 4.36. The largest absolute Gasteiger partial charge is 0.336 e. The molecule has 0 bridgehead atoms. The minimum Gasteiger partial charge on any atom is -0.336 e. The summed E-state index contributed by atoms with van der Waals surface area (Å²) in [6.07, 6.45) is 13.4. The van der Waals surface area contributed by atoms with Crippen LogP contribution in [0.5, 0.6) is 0 Å². The van der Waals surface area contributed by atoms with Gasteiger partial charge >= 0.3 is 0 Å². The van der Waals surface area contributed by atoms with Gasteiger partial charge in [0.15, 0.2) is 0 Å². The Morgan fingerprint density at radius 3 is 2.17 bits per heavy atom. The molecule has 29 heavy (non-hydrogen) atoms. The summed E-state index contributed by atoms with van der Waals surface area (Å²) in [6, 6.07) is 1.90. The molecule has 1 aliphatic carbocycles. The Hall–Kier alpha value is -1.12. The van der Waals surface area contributed by atoms with Crippen molar-refractivity contribution in [2.75, 3.05) is 19.6 Å². The van der Waals surface area contributed by atoms with E-state index >= 15 is 0 Å². The first-order valence-corrected chi connectivity index (χ1v) is 12.1. The lowest BCUT2D eigenvalue weighted by Gasteiger charge is -2.41. The van der Waals surface area contributed by atoms with Crippen LogP contribution in [0, 0.1) is 22.7 Å². The van der Waals surface area contributed by atoms with Gasteiger partial charge in [-0.2, -0.15) is 5.26 Å². The molecule has 1 atom stereocenters. The minimum atomic E-state index is -0.733. The van der Waals surface area contributed by atoms with Crippen LogP contribution in [0.25, 0.3) is 0 Å². The molecule has 0 aromatic heterocycles. The second-order valence-electron chi connectivity index (χ2n) is 9.81. The summed E-state index contributed by atoms with van der Waals surface area (Å²) < 4.78 is 0. The van der Waals surface area contributed by atoms with Gasteiger partial charge in [-0.3, -0.25) is 4.79 Å². The molecule has 0 spiro atoms. The number of carbonyl (C=O) groups is 1. The smallest absolute Gasteiger partial charge is 0.238 e. The number of rotatable bonds is 10. The molecule has 0 aromatic rings. The van der Waals surface area contributed by atoms with Gasteiger partial charge < -0.3 is 16.0 Å². The molecule has 1 aliphatic heterocycles. The van der Waals surface area contributed by atoms with Crippen molar-refractivity contribution in [3.63, 3.8) is 0 Å². The van der Waals surface area contributed by atoms with Crippen LogP contribution in [-0.4, -0.2) is 42.0 Å². The topological polar surface area (TPSA) is 82.2 Å². The van der Waals surface area contributed by atoms with Crippen LogP contribution in [0.3, 0.4) is 0 Å². The average molecular weight is 405 g/mol. The van der Waals surface area contributed by atoms with Gasteiger partial charge in [-0.1, -0.05) is 33.6 Å². The lowest BCUT2D eigenvalue weighted by molar-refractivity contribution is -0.124. The molecule has 1 heterocycles. The van der Waals surface area contributed by atoms with Crippen molar-refractivity contribution in [2.45, 2.75) is 109 Å². The van der Waals surface area contributed by atoms with Crippen molar-refractivity contribution >= 4 is 5.91 Å². The molecular weight excluding hydrogens is 360 g/mol. The van der Waals surface area contributed by atoms with Gasteiger partial charge in [0, 0.05) is 13.1 Å². The van der Waals surface area contributed by atoms with Crippen molar-refractivity contribution in [1.82, 2.24) is 10.2 Å². The fourth-order valence-corrected chi connectivity index (χ4v) is 5.75. The molecule has 166 valence electrons. The first-order valence-electron chi connectivity index (χ1n) is 12.1. The third kappa shape index (κ3) is 6.69. The molecule has 5 nitrogen and oxygen atoms in total. The van der Waals surface area contributed by atoms with Crippen molar-refractivity contribution < 1.29 is 4.79 Å². The highest BCUT2D eigenvalue weighted by Gasteiger charge is 2.38. The quantitative estimate of drug-likeness (QED) is 0.566. The third-order valence-electron chi connectivity index (χ3n) is 7.48. The van der Waals surface area contributed by atoms with E-state index in [2.05, 4.69) is 37.1 Å². The van der Waals surface area contributed by atoms with Crippen LogP contribution in [-0.2, 0) is 4.79 Å². The lowest BCUT2D eigenvalue weighted by Crippen LogP contribution is -2.58. The number of hydrogen-bond acceptors (Lipinski definition) is 4. The van der Waals surface area contributed by atoms with Gasteiger partial charge in [0.2, 0.25) is 5.91 Å². The van der Waals surface area contributed by atoms with Crippen molar-refractivity contribution in [3.05, 3.63) is 0 Å². The molecule has 1 unspecified atom stereocenters. The third-order valence-corrected chi connectivity index (χ3v) is 7.48. The molecule has 5 heteroatoms. The second kappa shape index (κ2) is 11.3. The standard InChI is InChI=1S/C24H44N4O/c1-4-9-23(10-5-2)11-7-20(8-12-23)18-21(26)22(29)27-24(19-25)13-16-28(15-6-3)17-14-24/h20-21H,4-18,26H2,1-3H3,(H,27,29). The first kappa shape index (κ1) is 24.2. The summed E-state index contributed by atoms with van der Waals surface area (Å²) >= 11 is 0. The van der Waals surface area contributed by atoms with Crippen molar-refractivity contribution in [3.8, 4) is 6.07 Å². The number of likely N-dealkylation sites (tertiary alicyclic amines) is 1. The number of nitrogens with one attached hydrogen (secondary N) is 1. The summed E-state index contributed by atoms with van der Waals surface area (Å²) in [5.41, 5.74) is 6.11. The van der Waals surface area contributed by atoms with Gasteiger partial charge in [0.05, 0.1) is 12.1 Å². The number of nitriles is 1. The van der Waals surface area contributed by atoms with Crippen molar-refractivity contribution in [2.24, 2.45) is 17.1 Å². The number of piperidine rings is 1. The minimum absolute atomic E-state index is 0.130. The Labute approximate surface area is 178 Å². The molecule has 2 fully saturated rings. The van der Waals surface area contributed by atoms with E-state index < -0.39 is 11.6 Å². The highest BCUT2D eigenvalue weighted by atomic mass is 16.2. The number of nitrogens with two attached hydrogens (primary N) is 1. The summed E-state index contributed by atoms with van der Waals surface area (Å²) in [5.74, 6) is 0.413. The first-order chi connectivity index (χ1) is 13.9. The number of carbonyl (C=O) groups excluding carboxylic acids is 1. The van der Waals surface area contributed by atoms with Gasteiger partial charge in [-0.15, -0.1) is 0 Å². The van der Waals surface area contributed by atoms with Crippen LogP contribution in [0.15, 0.2) is 0 Å². The van der Waals surface area contributed by atoms with E-state index in [9.17, 15) is 10.1 Å². The monoisotopic (exact) mass is 404 g/mol. The molecule has 3 N–H and O–H groups in total. The maximum Gasteiger partial charge on any atom is 0.238 e. The fourth-order valence-electron chi connectivity index (χ4n) is 5.75. The van der Waals surface area contributed by atoms with Gasteiger partial charge in [-0.25, -0.2) is 0 Å². The van der Waals surface area contributed by atoms with Gasteiger partial charge in [0.25, 0.3) is 0 Å². The van der Waals surface area contributed by atoms with E-state index in [1.54, 1.807) is 0 Å². The number of amides is 1. The molecule has 2 aliphatic rings. The maximum atomic E-state index is 12.8. The summed E-state index contributed by atoms with van der Waals surface area (Å²) in [6.45, 7) is 9.57. The van der Waals surface area contributed by atoms with Crippen molar-refractivity contribution in [1.29, 1.82) is 5.26 Å². The van der Waals surface area contributed by atoms with Crippen LogP contribution < -0.4 is 11.1 Å². The van der Waals surface area contributed by atoms with Crippen LogP contribution >= 0.6 is 0 Å². The second-order valence-corrected chi connectivity index (χ2v) is 9.81. The average Bonchev–Trinajstić information content (AvgIpc) is 2.72. The predicted molar refractivity (Wildman–Crippen MR) is 119 cm³/mol. The molecule has 1 amide bonds. The summed E-state index contributed by atoms with van der Waals surface area (Å²) in [5, 5.41) is 12.8. The van der Waals surface area contributed by atoms with Gasteiger partial charge in [0.1, 0.15) is 5.54 Å². The Kier molecular flexibility index (Phi) is 9.43. The zero-order valence-corrected chi connectivity index (χ0v) is 19.1. The van der Waals surface area contributed by atoms with Crippen LogP contribution in [0.2, 0.25) is 0 Å². The van der Waals surface area contributed by atoms with Crippen LogP contribution in [0.1, 0.15) is 97.8 Å². The van der Waals surface area contributed by atoms with Crippen LogP contribution in [0.4, 0.5) is 0 Å². The molecule has 1 saturated carbocycles. The Morgan fingerprint density at radius 1 is 1.10 bits per heavy atom. The van der Waals surface area contributed by atoms with E-state index in [-0.39, 0.29) is 5.91 Å². The SMILES string of the molecule is CCCN1CCC(C#N)(NC(=O)C(N)CC2CCC(CCC)(CCC)CC2)CC1. The number of nitrogens with zero attached hydrogens (tertiary/aromatic N) is 2. The van der Waals surface area contributed by atoms with E-state index in [1.807, 2.05) is 0 Å². The molecule has 0 aromatic carbocycles. The lowest BCUT2D eigenvalue weighted by atomic mass is 9.65.